The summed E-state index contributed by atoms with van der Waals surface area (Å²) in [4.78, 5) is 15.4. The molecule has 3 aromatic rings. The summed E-state index contributed by atoms with van der Waals surface area (Å²) in [5.41, 5.74) is 5.57. The van der Waals surface area contributed by atoms with Gasteiger partial charge in [0.15, 0.2) is 6.10 Å². The second-order valence-corrected chi connectivity index (χ2v) is 6.95. The summed E-state index contributed by atoms with van der Waals surface area (Å²) in [7, 11) is 0. The molecule has 0 saturated carbocycles. The van der Waals surface area contributed by atoms with Crippen molar-refractivity contribution in [2.75, 3.05) is 6.61 Å². The second-order valence-electron chi connectivity index (χ2n) is 6.95. The fourth-order valence-electron chi connectivity index (χ4n) is 3.37. The molecule has 1 aliphatic heterocycles. The SMILES string of the molecule is Cc1cccc(-c2ccc(OCC3Cn4c(C)cc(=O)nc4O3)cc2)c1C. The molecule has 0 spiro atoms. The van der Waals surface area contributed by atoms with Gasteiger partial charge < -0.3 is 9.47 Å². The summed E-state index contributed by atoms with van der Waals surface area (Å²) in [6.07, 6.45) is -0.156. The van der Waals surface area contributed by atoms with Gasteiger partial charge in [0, 0.05) is 11.8 Å². The fraction of sp³-hybridized carbons (Fsp3) is 0.273. The number of hydrogen-bond acceptors (Lipinski definition) is 4. The van der Waals surface area contributed by atoms with E-state index in [1.165, 1.54) is 28.3 Å². The van der Waals surface area contributed by atoms with Gasteiger partial charge in [-0.05, 0) is 55.2 Å². The third-order valence-corrected chi connectivity index (χ3v) is 5.06. The van der Waals surface area contributed by atoms with Crippen molar-refractivity contribution in [3.05, 3.63) is 75.7 Å². The smallest absolute Gasteiger partial charge is 0.300 e. The number of fused-ring (bicyclic) bond motifs is 1. The zero-order chi connectivity index (χ0) is 19.0. The molecule has 2 aromatic carbocycles. The van der Waals surface area contributed by atoms with Gasteiger partial charge in [-0.15, -0.1) is 0 Å². The highest BCUT2D eigenvalue weighted by Crippen LogP contribution is 2.27. The standard InChI is InChI=1S/C22H22N2O3/c1-14-5-4-6-20(16(14)3)17-7-9-18(10-8-17)26-13-19-12-24-15(2)11-21(25)23-22(24)27-19/h4-11,19H,12-13H2,1-3H3. The van der Waals surface area contributed by atoms with Crippen LogP contribution in [0.25, 0.3) is 11.1 Å². The van der Waals surface area contributed by atoms with Crippen LogP contribution in [0.5, 0.6) is 11.8 Å². The number of aryl methyl sites for hydroxylation is 2. The lowest BCUT2D eigenvalue weighted by Gasteiger charge is -2.12. The Balaban J connectivity index is 1.42. The van der Waals surface area contributed by atoms with E-state index in [4.69, 9.17) is 9.47 Å². The van der Waals surface area contributed by atoms with Gasteiger partial charge in [-0.3, -0.25) is 9.36 Å². The number of rotatable bonds is 4. The quantitative estimate of drug-likeness (QED) is 0.710. The largest absolute Gasteiger partial charge is 0.490 e. The first-order valence-corrected chi connectivity index (χ1v) is 9.06. The van der Waals surface area contributed by atoms with Gasteiger partial charge in [0.1, 0.15) is 12.4 Å². The van der Waals surface area contributed by atoms with Crippen LogP contribution in [0.1, 0.15) is 16.8 Å². The van der Waals surface area contributed by atoms with Crippen LogP contribution in [0.15, 0.2) is 53.3 Å². The molecular weight excluding hydrogens is 340 g/mol. The van der Waals surface area contributed by atoms with Crippen LogP contribution in [0.4, 0.5) is 0 Å². The van der Waals surface area contributed by atoms with Gasteiger partial charge in [-0.2, -0.15) is 4.98 Å². The summed E-state index contributed by atoms with van der Waals surface area (Å²) < 4.78 is 13.5. The molecule has 1 aliphatic rings. The number of benzene rings is 2. The van der Waals surface area contributed by atoms with Gasteiger partial charge in [-0.25, -0.2) is 0 Å². The van der Waals surface area contributed by atoms with Crippen LogP contribution in [0, 0.1) is 20.8 Å². The second kappa shape index (κ2) is 6.91. The molecule has 5 nitrogen and oxygen atoms in total. The van der Waals surface area contributed by atoms with Crippen molar-refractivity contribution in [2.45, 2.75) is 33.4 Å². The maximum Gasteiger partial charge on any atom is 0.300 e. The lowest BCUT2D eigenvalue weighted by molar-refractivity contribution is 0.143. The van der Waals surface area contributed by atoms with Crippen molar-refractivity contribution in [3.63, 3.8) is 0 Å². The van der Waals surface area contributed by atoms with Gasteiger partial charge >= 0.3 is 0 Å². The van der Waals surface area contributed by atoms with E-state index in [1.807, 2.05) is 23.6 Å². The summed E-state index contributed by atoms with van der Waals surface area (Å²) >= 11 is 0. The molecule has 5 heteroatoms. The lowest BCUT2D eigenvalue weighted by Crippen LogP contribution is -2.23. The van der Waals surface area contributed by atoms with E-state index in [-0.39, 0.29) is 11.7 Å². The highest BCUT2D eigenvalue weighted by atomic mass is 16.6. The Morgan fingerprint density at radius 3 is 2.70 bits per heavy atom. The zero-order valence-electron chi connectivity index (χ0n) is 15.7. The Bertz CT molecular complexity index is 1040. The van der Waals surface area contributed by atoms with E-state index in [0.29, 0.717) is 19.2 Å². The van der Waals surface area contributed by atoms with Crippen LogP contribution in [-0.4, -0.2) is 22.3 Å². The monoisotopic (exact) mass is 362 g/mol. The molecule has 138 valence electrons. The molecule has 0 bridgehead atoms. The van der Waals surface area contributed by atoms with Gasteiger partial charge in [0.05, 0.1) is 6.54 Å². The van der Waals surface area contributed by atoms with Crippen LogP contribution < -0.4 is 15.0 Å². The molecule has 2 heterocycles. The highest BCUT2D eigenvalue weighted by Gasteiger charge is 2.25. The van der Waals surface area contributed by atoms with Crippen molar-refractivity contribution in [1.82, 2.24) is 9.55 Å². The molecule has 1 atom stereocenters. The van der Waals surface area contributed by atoms with Crippen LogP contribution in [-0.2, 0) is 6.54 Å². The van der Waals surface area contributed by atoms with Gasteiger partial charge in [0.2, 0.25) is 0 Å². The summed E-state index contributed by atoms with van der Waals surface area (Å²) in [5, 5.41) is 0. The predicted molar refractivity (Wildman–Crippen MR) is 104 cm³/mol. The molecular formula is C22H22N2O3. The van der Waals surface area contributed by atoms with Gasteiger partial charge in [0.25, 0.3) is 11.6 Å². The topological polar surface area (TPSA) is 53.4 Å². The first kappa shape index (κ1) is 17.3. The molecule has 0 radical (unpaired) electrons. The minimum absolute atomic E-state index is 0.156. The molecule has 0 fully saturated rings. The van der Waals surface area contributed by atoms with E-state index in [0.717, 1.165) is 11.4 Å². The van der Waals surface area contributed by atoms with Crippen LogP contribution in [0.2, 0.25) is 0 Å². The van der Waals surface area contributed by atoms with Crippen LogP contribution in [0.3, 0.4) is 0 Å². The Labute approximate surface area is 158 Å². The molecule has 0 amide bonds. The molecule has 0 aliphatic carbocycles. The molecule has 1 aromatic heterocycles. The van der Waals surface area contributed by atoms with Crippen LogP contribution >= 0.6 is 0 Å². The van der Waals surface area contributed by atoms with Crippen molar-refractivity contribution >= 4 is 0 Å². The summed E-state index contributed by atoms with van der Waals surface area (Å²) in [6, 6.07) is 16.3. The molecule has 27 heavy (non-hydrogen) atoms. The number of nitrogens with zero attached hydrogens (tertiary/aromatic N) is 2. The van der Waals surface area contributed by atoms with Crippen molar-refractivity contribution < 1.29 is 9.47 Å². The van der Waals surface area contributed by atoms with E-state index in [2.05, 4.69) is 49.2 Å². The Kier molecular flexibility index (Phi) is 4.44. The van der Waals surface area contributed by atoms with E-state index >= 15 is 0 Å². The molecule has 0 N–H and O–H groups in total. The molecule has 1 unspecified atom stereocenters. The van der Waals surface area contributed by atoms with Crippen molar-refractivity contribution in [2.24, 2.45) is 0 Å². The summed E-state index contributed by atoms with van der Waals surface area (Å²) in [5.74, 6) is 0.794. The lowest BCUT2D eigenvalue weighted by atomic mass is 9.97. The van der Waals surface area contributed by atoms with Crippen molar-refractivity contribution in [1.29, 1.82) is 0 Å². The number of hydrogen-bond donors (Lipinski definition) is 0. The maximum absolute atomic E-state index is 11.5. The minimum atomic E-state index is -0.276. The zero-order valence-corrected chi connectivity index (χ0v) is 15.7. The summed E-state index contributed by atoms with van der Waals surface area (Å²) in [6.45, 7) is 7.19. The number of aromatic nitrogens is 2. The van der Waals surface area contributed by atoms with Crippen molar-refractivity contribution in [3.8, 4) is 22.9 Å². The molecule has 4 rings (SSSR count). The van der Waals surface area contributed by atoms with E-state index < -0.39 is 0 Å². The average Bonchev–Trinajstić information content (AvgIpc) is 3.06. The molecule has 0 saturated heterocycles. The maximum atomic E-state index is 11.5. The first-order chi connectivity index (χ1) is 13.0. The Morgan fingerprint density at radius 2 is 1.93 bits per heavy atom. The average molecular weight is 362 g/mol. The number of ether oxygens (including phenoxy) is 2. The predicted octanol–water partition coefficient (Wildman–Crippen LogP) is 3.68. The van der Waals surface area contributed by atoms with E-state index in [1.54, 1.807) is 0 Å². The normalized spacial score (nSPS) is 15.3. The highest BCUT2D eigenvalue weighted by molar-refractivity contribution is 5.68. The fourth-order valence-corrected chi connectivity index (χ4v) is 3.37. The Morgan fingerprint density at radius 1 is 1.15 bits per heavy atom. The first-order valence-electron chi connectivity index (χ1n) is 9.06. The van der Waals surface area contributed by atoms with E-state index in [9.17, 15) is 4.79 Å². The third kappa shape index (κ3) is 3.45. The third-order valence-electron chi connectivity index (χ3n) is 5.06. The van der Waals surface area contributed by atoms with Gasteiger partial charge in [-0.1, -0.05) is 30.3 Å². The Hall–Kier alpha value is -3.08. The minimum Gasteiger partial charge on any atom is -0.490 e.